The van der Waals surface area contributed by atoms with Crippen molar-refractivity contribution in [2.45, 2.75) is 4.90 Å². The number of ether oxygens (including phenoxy) is 1. The van der Waals surface area contributed by atoms with Crippen LogP contribution in [0.5, 0.6) is 0 Å². The predicted octanol–water partition coefficient (Wildman–Crippen LogP) is 0.162. The van der Waals surface area contributed by atoms with E-state index in [1.165, 1.54) is 24.2 Å². The SMILES string of the molecule is CNc1ccc(S(=O)(=O)NN2CCOCC2)cc1[N+](=O)[O-]. The molecule has 0 saturated carbocycles. The van der Waals surface area contributed by atoms with Gasteiger partial charge in [-0.3, -0.25) is 10.1 Å². The number of morpholine rings is 1. The van der Waals surface area contributed by atoms with Gasteiger partial charge in [0, 0.05) is 26.2 Å². The first-order chi connectivity index (χ1) is 9.94. The number of rotatable bonds is 5. The number of nitro benzene ring substituents is 1. The second-order valence-electron chi connectivity index (χ2n) is 4.38. The molecule has 21 heavy (non-hydrogen) atoms. The number of nitrogens with one attached hydrogen (secondary N) is 2. The molecule has 1 aliphatic rings. The van der Waals surface area contributed by atoms with Crippen molar-refractivity contribution >= 4 is 21.4 Å². The maximum Gasteiger partial charge on any atom is 0.293 e. The number of hydrogen-bond donors (Lipinski definition) is 2. The fraction of sp³-hybridized carbons (Fsp3) is 0.455. The summed E-state index contributed by atoms with van der Waals surface area (Å²) in [6.07, 6.45) is 0. The molecule has 0 atom stereocenters. The van der Waals surface area contributed by atoms with Gasteiger partial charge in [-0.25, -0.2) is 13.4 Å². The quantitative estimate of drug-likeness (QED) is 0.587. The van der Waals surface area contributed by atoms with Crippen molar-refractivity contribution in [2.75, 3.05) is 38.7 Å². The maximum absolute atomic E-state index is 12.2. The molecule has 1 fully saturated rings. The van der Waals surface area contributed by atoms with Gasteiger partial charge in [-0.05, 0) is 12.1 Å². The van der Waals surface area contributed by atoms with Crippen LogP contribution in [0.3, 0.4) is 0 Å². The Morgan fingerprint density at radius 1 is 1.33 bits per heavy atom. The minimum Gasteiger partial charge on any atom is -0.383 e. The first-order valence-corrected chi connectivity index (χ1v) is 7.73. The highest BCUT2D eigenvalue weighted by atomic mass is 32.2. The monoisotopic (exact) mass is 316 g/mol. The van der Waals surface area contributed by atoms with Gasteiger partial charge in [0.1, 0.15) is 5.69 Å². The Balaban J connectivity index is 2.27. The van der Waals surface area contributed by atoms with Crippen molar-refractivity contribution in [3.8, 4) is 0 Å². The molecule has 0 radical (unpaired) electrons. The third-order valence-corrected chi connectivity index (χ3v) is 4.38. The van der Waals surface area contributed by atoms with E-state index in [0.29, 0.717) is 26.3 Å². The minimum absolute atomic E-state index is 0.153. The van der Waals surface area contributed by atoms with Crippen LogP contribution in [0.2, 0.25) is 0 Å². The Kier molecular flexibility index (Phi) is 4.73. The lowest BCUT2D eigenvalue weighted by Crippen LogP contribution is -2.48. The molecule has 0 aliphatic carbocycles. The number of hydrogen-bond acceptors (Lipinski definition) is 7. The molecule has 1 heterocycles. The lowest BCUT2D eigenvalue weighted by Gasteiger charge is -2.26. The van der Waals surface area contributed by atoms with Crippen LogP contribution in [0.1, 0.15) is 0 Å². The van der Waals surface area contributed by atoms with E-state index < -0.39 is 14.9 Å². The van der Waals surface area contributed by atoms with Crippen LogP contribution in [0.4, 0.5) is 11.4 Å². The van der Waals surface area contributed by atoms with E-state index in [4.69, 9.17) is 4.74 Å². The van der Waals surface area contributed by atoms with E-state index in [-0.39, 0.29) is 16.3 Å². The highest BCUT2D eigenvalue weighted by molar-refractivity contribution is 7.89. The van der Waals surface area contributed by atoms with E-state index in [2.05, 4.69) is 10.1 Å². The van der Waals surface area contributed by atoms with Crippen LogP contribution < -0.4 is 10.1 Å². The standard InChI is InChI=1S/C11H16N4O5S/c1-12-10-3-2-9(8-11(10)15(16)17)21(18,19)13-14-4-6-20-7-5-14/h2-3,8,12-13H,4-7H2,1H3. The smallest absolute Gasteiger partial charge is 0.293 e. The summed E-state index contributed by atoms with van der Waals surface area (Å²) in [5.74, 6) is 0. The van der Waals surface area contributed by atoms with E-state index in [9.17, 15) is 18.5 Å². The molecule has 1 aromatic rings. The molecule has 2 rings (SSSR count). The van der Waals surface area contributed by atoms with E-state index in [0.717, 1.165) is 6.07 Å². The molecular weight excluding hydrogens is 300 g/mol. The summed E-state index contributed by atoms with van der Waals surface area (Å²) in [6.45, 7) is 1.72. The summed E-state index contributed by atoms with van der Waals surface area (Å²) in [7, 11) is -2.32. The zero-order valence-electron chi connectivity index (χ0n) is 11.4. The summed E-state index contributed by atoms with van der Waals surface area (Å²) in [5, 5.41) is 15.1. The van der Waals surface area contributed by atoms with Gasteiger partial charge in [-0.2, -0.15) is 0 Å². The molecule has 0 bridgehead atoms. The number of hydrazine groups is 1. The van der Waals surface area contributed by atoms with Crippen LogP contribution in [0.15, 0.2) is 23.1 Å². The second kappa shape index (κ2) is 6.35. The summed E-state index contributed by atoms with van der Waals surface area (Å²) >= 11 is 0. The predicted molar refractivity (Wildman–Crippen MR) is 75.4 cm³/mol. The summed E-state index contributed by atoms with van der Waals surface area (Å²) < 4.78 is 29.6. The number of nitro groups is 1. The molecule has 0 spiro atoms. The number of anilines is 1. The second-order valence-corrected chi connectivity index (χ2v) is 6.04. The number of benzene rings is 1. The average Bonchev–Trinajstić information content (AvgIpc) is 2.47. The molecule has 1 aliphatic heterocycles. The van der Waals surface area contributed by atoms with Gasteiger partial charge in [0.2, 0.25) is 0 Å². The molecule has 10 heteroatoms. The Hall–Kier alpha value is -1.75. The fourth-order valence-electron chi connectivity index (χ4n) is 1.92. The van der Waals surface area contributed by atoms with Crippen molar-refractivity contribution < 1.29 is 18.1 Å². The van der Waals surface area contributed by atoms with Crippen LogP contribution in [-0.2, 0) is 14.8 Å². The first-order valence-electron chi connectivity index (χ1n) is 6.25. The van der Waals surface area contributed by atoms with Crippen molar-refractivity contribution in [1.29, 1.82) is 0 Å². The topological polar surface area (TPSA) is 114 Å². The van der Waals surface area contributed by atoms with Gasteiger partial charge in [0.15, 0.2) is 0 Å². The normalized spacial score (nSPS) is 16.6. The van der Waals surface area contributed by atoms with E-state index in [1.54, 1.807) is 0 Å². The first kappa shape index (κ1) is 15.6. The van der Waals surface area contributed by atoms with Crippen molar-refractivity contribution in [3.63, 3.8) is 0 Å². The molecule has 0 unspecified atom stereocenters. The van der Waals surface area contributed by atoms with E-state index in [1.807, 2.05) is 0 Å². The molecule has 1 aromatic carbocycles. The molecule has 1 saturated heterocycles. The number of sulfonamides is 1. The van der Waals surface area contributed by atoms with Gasteiger partial charge in [-0.1, -0.05) is 0 Å². The fourth-order valence-corrected chi connectivity index (χ4v) is 3.06. The molecule has 0 aromatic heterocycles. The Labute approximate surface area is 122 Å². The van der Waals surface area contributed by atoms with Crippen molar-refractivity contribution in [2.24, 2.45) is 0 Å². The van der Waals surface area contributed by atoms with Gasteiger partial charge in [-0.15, -0.1) is 4.83 Å². The molecule has 116 valence electrons. The molecular formula is C11H16N4O5S. The highest BCUT2D eigenvalue weighted by Crippen LogP contribution is 2.27. The zero-order chi connectivity index (χ0) is 15.5. The van der Waals surface area contributed by atoms with Crippen LogP contribution in [0.25, 0.3) is 0 Å². The lowest BCUT2D eigenvalue weighted by atomic mass is 10.3. The van der Waals surface area contributed by atoms with Crippen LogP contribution in [-0.4, -0.2) is 51.7 Å². The van der Waals surface area contributed by atoms with Gasteiger partial charge in [0.25, 0.3) is 15.7 Å². The molecule has 0 amide bonds. The maximum atomic E-state index is 12.2. The third-order valence-electron chi connectivity index (χ3n) is 3.01. The van der Waals surface area contributed by atoms with Gasteiger partial charge < -0.3 is 10.1 Å². The largest absolute Gasteiger partial charge is 0.383 e. The Morgan fingerprint density at radius 3 is 2.57 bits per heavy atom. The molecule has 9 nitrogen and oxygen atoms in total. The van der Waals surface area contributed by atoms with Crippen molar-refractivity contribution in [3.05, 3.63) is 28.3 Å². The minimum atomic E-state index is -3.85. The molecule has 2 N–H and O–H groups in total. The zero-order valence-corrected chi connectivity index (χ0v) is 12.2. The lowest BCUT2D eigenvalue weighted by molar-refractivity contribution is -0.384. The summed E-state index contributed by atoms with van der Waals surface area (Å²) in [4.78, 5) is 12.6. The average molecular weight is 316 g/mol. The van der Waals surface area contributed by atoms with Gasteiger partial charge in [0.05, 0.1) is 23.0 Å². The Bertz CT molecular complexity index is 628. The van der Waals surface area contributed by atoms with Crippen LogP contribution >= 0.6 is 0 Å². The van der Waals surface area contributed by atoms with Gasteiger partial charge >= 0.3 is 0 Å². The highest BCUT2D eigenvalue weighted by Gasteiger charge is 2.23. The van der Waals surface area contributed by atoms with E-state index >= 15 is 0 Å². The van der Waals surface area contributed by atoms with Crippen LogP contribution in [0, 0.1) is 10.1 Å². The summed E-state index contributed by atoms with van der Waals surface area (Å²) in [5.41, 5.74) is -0.0346. The Morgan fingerprint density at radius 2 is 2.00 bits per heavy atom. The summed E-state index contributed by atoms with van der Waals surface area (Å²) in [6, 6.07) is 3.72. The van der Waals surface area contributed by atoms with Crippen molar-refractivity contribution in [1.82, 2.24) is 9.84 Å². The number of nitrogens with zero attached hydrogens (tertiary/aromatic N) is 2. The third kappa shape index (κ3) is 3.67.